The largest absolute Gasteiger partial charge is 0.367 e. The van der Waals surface area contributed by atoms with E-state index in [2.05, 4.69) is 20.6 Å². The normalized spacial score (nSPS) is 17.0. The minimum absolute atomic E-state index is 0.702. The van der Waals surface area contributed by atoms with Crippen LogP contribution in [-0.2, 0) is 7.05 Å². The van der Waals surface area contributed by atoms with E-state index in [0.29, 0.717) is 6.04 Å². The molecule has 0 unspecified atom stereocenters. The second-order valence-corrected chi connectivity index (χ2v) is 5.95. The lowest BCUT2D eigenvalue weighted by atomic mass is 10.1. The summed E-state index contributed by atoms with van der Waals surface area (Å²) in [6.45, 7) is 1.87. The Morgan fingerprint density at radius 3 is 2.76 bits per heavy atom. The second-order valence-electron chi connectivity index (χ2n) is 5.95. The van der Waals surface area contributed by atoms with Crippen LogP contribution in [0.2, 0.25) is 0 Å². The number of aromatic nitrogens is 3. The SMILES string of the molecule is Cn1cnc2c(NCCNC3CCCCCC3)nccc21. The van der Waals surface area contributed by atoms with Gasteiger partial charge in [0.05, 0.1) is 11.8 Å². The van der Waals surface area contributed by atoms with E-state index in [4.69, 9.17) is 0 Å². The van der Waals surface area contributed by atoms with Crippen LogP contribution in [0.1, 0.15) is 38.5 Å². The van der Waals surface area contributed by atoms with Crippen LogP contribution < -0.4 is 10.6 Å². The van der Waals surface area contributed by atoms with E-state index in [-0.39, 0.29) is 0 Å². The van der Waals surface area contributed by atoms with Gasteiger partial charge in [-0.3, -0.25) is 0 Å². The number of hydrogen-bond acceptors (Lipinski definition) is 4. The Labute approximate surface area is 126 Å². The molecule has 0 saturated heterocycles. The first-order valence-electron chi connectivity index (χ1n) is 8.08. The monoisotopic (exact) mass is 287 g/mol. The number of nitrogens with one attached hydrogen (secondary N) is 2. The van der Waals surface area contributed by atoms with Crippen molar-refractivity contribution in [1.82, 2.24) is 19.9 Å². The van der Waals surface area contributed by atoms with E-state index in [1.54, 1.807) is 0 Å². The molecule has 1 saturated carbocycles. The molecule has 0 spiro atoms. The minimum Gasteiger partial charge on any atom is -0.367 e. The van der Waals surface area contributed by atoms with Crippen LogP contribution in [0.5, 0.6) is 0 Å². The first kappa shape index (κ1) is 14.3. The Hall–Kier alpha value is -1.62. The van der Waals surface area contributed by atoms with Crippen molar-refractivity contribution < 1.29 is 0 Å². The molecule has 21 heavy (non-hydrogen) atoms. The molecule has 2 aromatic rings. The Morgan fingerprint density at radius 1 is 1.14 bits per heavy atom. The van der Waals surface area contributed by atoms with Gasteiger partial charge in [0.1, 0.15) is 5.52 Å². The van der Waals surface area contributed by atoms with Crippen molar-refractivity contribution in [2.75, 3.05) is 18.4 Å². The molecule has 1 fully saturated rings. The highest BCUT2D eigenvalue weighted by Crippen LogP contribution is 2.18. The van der Waals surface area contributed by atoms with Gasteiger partial charge < -0.3 is 15.2 Å². The molecule has 5 nitrogen and oxygen atoms in total. The van der Waals surface area contributed by atoms with Crippen LogP contribution in [0.25, 0.3) is 11.0 Å². The highest BCUT2D eigenvalue weighted by atomic mass is 15.1. The summed E-state index contributed by atoms with van der Waals surface area (Å²) in [5.41, 5.74) is 2.07. The number of nitrogens with zero attached hydrogens (tertiary/aromatic N) is 3. The number of fused-ring (bicyclic) bond motifs is 1. The summed E-state index contributed by atoms with van der Waals surface area (Å²) in [6, 6.07) is 2.70. The topological polar surface area (TPSA) is 54.8 Å². The van der Waals surface area contributed by atoms with Gasteiger partial charge in [-0.15, -0.1) is 0 Å². The summed E-state index contributed by atoms with van der Waals surface area (Å²) < 4.78 is 2.02. The highest BCUT2D eigenvalue weighted by Gasteiger charge is 2.11. The highest BCUT2D eigenvalue weighted by molar-refractivity contribution is 5.85. The smallest absolute Gasteiger partial charge is 0.154 e. The zero-order chi connectivity index (χ0) is 14.5. The van der Waals surface area contributed by atoms with Crippen LogP contribution in [-0.4, -0.2) is 33.7 Å². The maximum Gasteiger partial charge on any atom is 0.154 e. The molecule has 2 aromatic heterocycles. The van der Waals surface area contributed by atoms with Gasteiger partial charge in [-0.1, -0.05) is 25.7 Å². The Morgan fingerprint density at radius 2 is 1.95 bits per heavy atom. The number of anilines is 1. The molecular formula is C16H25N5. The molecule has 2 N–H and O–H groups in total. The van der Waals surface area contributed by atoms with Crippen molar-refractivity contribution in [2.24, 2.45) is 7.05 Å². The van der Waals surface area contributed by atoms with E-state index < -0.39 is 0 Å². The van der Waals surface area contributed by atoms with E-state index in [9.17, 15) is 0 Å². The first-order valence-corrected chi connectivity index (χ1v) is 8.08. The fourth-order valence-corrected chi connectivity index (χ4v) is 3.13. The molecule has 3 rings (SSSR count). The van der Waals surface area contributed by atoms with Gasteiger partial charge in [-0.25, -0.2) is 9.97 Å². The van der Waals surface area contributed by atoms with Gasteiger partial charge in [0.2, 0.25) is 0 Å². The van der Waals surface area contributed by atoms with Gasteiger partial charge in [0.25, 0.3) is 0 Å². The predicted molar refractivity (Wildman–Crippen MR) is 86.5 cm³/mol. The number of imidazole rings is 1. The van der Waals surface area contributed by atoms with Gasteiger partial charge >= 0.3 is 0 Å². The van der Waals surface area contributed by atoms with Crippen molar-refractivity contribution in [1.29, 1.82) is 0 Å². The Kier molecular flexibility index (Phi) is 4.70. The average Bonchev–Trinajstić information content (AvgIpc) is 2.73. The number of hydrogen-bond donors (Lipinski definition) is 2. The standard InChI is InChI=1S/C16H25N5/c1-21-12-20-15-14(21)8-9-18-16(15)19-11-10-17-13-6-4-2-3-5-7-13/h8-9,12-13,17H,2-7,10-11H2,1H3,(H,18,19). The molecule has 1 aliphatic carbocycles. The molecule has 5 heteroatoms. The molecule has 0 radical (unpaired) electrons. The third-order valence-corrected chi connectivity index (χ3v) is 4.35. The first-order chi connectivity index (χ1) is 10.3. The summed E-state index contributed by atoms with van der Waals surface area (Å²) >= 11 is 0. The van der Waals surface area contributed by atoms with Crippen LogP contribution in [0.15, 0.2) is 18.6 Å². The van der Waals surface area contributed by atoms with Crippen molar-refractivity contribution in [2.45, 2.75) is 44.6 Å². The van der Waals surface area contributed by atoms with E-state index in [1.807, 2.05) is 30.2 Å². The second kappa shape index (κ2) is 6.89. The third kappa shape index (κ3) is 3.53. The molecule has 0 aromatic carbocycles. The summed E-state index contributed by atoms with van der Waals surface area (Å²) in [5.74, 6) is 0.885. The molecule has 1 aliphatic rings. The lowest BCUT2D eigenvalue weighted by molar-refractivity contribution is 0.468. The summed E-state index contributed by atoms with van der Waals surface area (Å²) in [4.78, 5) is 8.82. The molecule has 0 bridgehead atoms. The van der Waals surface area contributed by atoms with Gasteiger partial charge in [0.15, 0.2) is 5.82 Å². The van der Waals surface area contributed by atoms with Crippen molar-refractivity contribution in [3.05, 3.63) is 18.6 Å². The van der Waals surface area contributed by atoms with E-state index in [1.165, 1.54) is 38.5 Å². The maximum absolute atomic E-state index is 4.42. The predicted octanol–water partition coefficient (Wildman–Crippen LogP) is 2.69. The van der Waals surface area contributed by atoms with Crippen LogP contribution in [0, 0.1) is 0 Å². The van der Waals surface area contributed by atoms with Crippen molar-refractivity contribution >= 4 is 16.9 Å². The van der Waals surface area contributed by atoms with Crippen LogP contribution in [0.4, 0.5) is 5.82 Å². The quantitative estimate of drug-likeness (QED) is 0.656. The van der Waals surface area contributed by atoms with Crippen LogP contribution >= 0.6 is 0 Å². The summed E-state index contributed by atoms with van der Waals surface area (Å²) in [7, 11) is 2.01. The molecule has 2 heterocycles. The van der Waals surface area contributed by atoms with Crippen molar-refractivity contribution in [3.63, 3.8) is 0 Å². The third-order valence-electron chi connectivity index (χ3n) is 4.35. The summed E-state index contributed by atoms with van der Waals surface area (Å²) in [5, 5.41) is 7.08. The van der Waals surface area contributed by atoms with Crippen LogP contribution in [0.3, 0.4) is 0 Å². The molecular weight excluding hydrogens is 262 g/mol. The molecule has 114 valence electrons. The molecule has 0 aliphatic heterocycles. The number of rotatable bonds is 5. The maximum atomic E-state index is 4.42. The summed E-state index contributed by atoms with van der Waals surface area (Å²) in [6.07, 6.45) is 11.9. The molecule has 0 amide bonds. The Bertz CT molecular complexity index is 569. The average molecular weight is 287 g/mol. The van der Waals surface area contributed by atoms with E-state index >= 15 is 0 Å². The van der Waals surface area contributed by atoms with E-state index in [0.717, 1.165) is 29.9 Å². The molecule has 0 atom stereocenters. The van der Waals surface area contributed by atoms with Gasteiger partial charge in [-0.05, 0) is 18.9 Å². The van der Waals surface area contributed by atoms with Gasteiger partial charge in [-0.2, -0.15) is 0 Å². The lowest BCUT2D eigenvalue weighted by Gasteiger charge is -2.16. The fourth-order valence-electron chi connectivity index (χ4n) is 3.13. The number of pyridine rings is 1. The number of aryl methyl sites for hydroxylation is 1. The van der Waals surface area contributed by atoms with Gasteiger partial charge in [0, 0.05) is 32.4 Å². The zero-order valence-electron chi connectivity index (χ0n) is 12.8. The van der Waals surface area contributed by atoms with Crippen molar-refractivity contribution in [3.8, 4) is 0 Å². The zero-order valence-corrected chi connectivity index (χ0v) is 12.8. The fraction of sp³-hybridized carbons (Fsp3) is 0.625. The minimum atomic E-state index is 0.702. The lowest BCUT2D eigenvalue weighted by Crippen LogP contribution is -2.32. The Balaban J connectivity index is 1.50.